The van der Waals surface area contributed by atoms with E-state index in [1.54, 1.807) is 19.9 Å². The molecule has 5 N–H and O–H groups in total. The maximum atomic E-state index is 12.6. The largest absolute Gasteiger partial charge is 0.480 e. The maximum Gasteiger partial charge on any atom is 0.322 e. The van der Waals surface area contributed by atoms with Gasteiger partial charge in [-0.05, 0) is 32.1 Å². The highest BCUT2D eigenvalue weighted by Gasteiger charge is 2.30. The lowest BCUT2D eigenvalue weighted by Crippen LogP contribution is -2.57. The number of amidine groups is 1. The van der Waals surface area contributed by atoms with E-state index in [4.69, 9.17) is 10.8 Å². The van der Waals surface area contributed by atoms with Gasteiger partial charge in [0.25, 0.3) is 5.91 Å². The summed E-state index contributed by atoms with van der Waals surface area (Å²) in [5, 5.41) is 13.3. The van der Waals surface area contributed by atoms with Gasteiger partial charge in [-0.3, -0.25) is 24.4 Å². The van der Waals surface area contributed by atoms with E-state index in [1.165, 1.54) is 5.01 Å². The Hall–Kier alpha value is -2.42. The topological polar surface area (TPSA) is 137 Å². The highest BCUT2D eigenvalue weighted by molar-refractivity contribution is 5.93. The second kappa shape index (κ2) is 10.8. The number of nitrogens with two attached hydrogens (primary N) is 1. The number of allylic oxidation sites excluding steroid dienone is 1. The third-order valence-electron chi connectivity index (χ3n) is 4.70. The average Bonchev–Trinajstić information content (AvgIpc) is 2.64. The Morgan fingerprint density at radius 2 is 2.00 bits per heavy atom. The van der Waals surface area contributed by atoms with Gasteiger partial charge >= 0.3 is 5.97 Å². The van der Waals surface area contributed by atoms with Crippen LogP contribution in [0.5, 0.6) is 0 Å². The lowest BCUT2D eigenvalue weighted by Gasteiger charge is -2.33. The minimum atomic E-state index is -0.996. The molecule has 158 valence electrons. The first kappa shape index (κ1) is 23.6. The van der Waals surface area contributed by atoms with Crippen molar-refractivity contribution in [3.63, 3.8) is 0 Å². The van der Waals surface area contributed by atoms with Gasteiger partial charge in [-0.15, -0.1) is 6.58 Å². The minimum absolute atomic E-state index is 0.0181. The monoisotopic (exact) mass is 395 g/mol. The summed E-state index contributed by atoms with van der Waals surface area (Å²) in [7, 11) is 0. The first-order valence-electron chi connectivity index (χ1n) is 9.63. The number of amides is 2. The smallest absolute Gasteiger partial charge is 0.322 e. The van der Waals surface area contributed by atoms with Gasteiger partial charge in [-0.1, -0.05) is 26.8 Å². The number of nitrogens with one attached hydrogen (secondary N) is 2. The average molecular weight is 396 g/mol. The highest BCUT2D eigenvalue weighted by Crippen LogP contribution is 2.11. The first-order valence-corrected chi connectivity index (χ1v) is 9.63. The molecular weight excluding hydrogens is 362 g/mol. The standard InChI is InChI=1S/C19H33N5O4/c1-6-8-12(4)17(25)22-15(11(2)3)16(20)21-13(5)18(26)24-10-7-9-14(23-24)19(27)28/h6,11-15,23H,1,7-10H2,2-5H3,(H2,20,21)(H,22,25)(H,27,28). The van der Waals surface area contributed by atoms with Gasteiger partial charge in [0.15, 0.2) is 0 Å². The third kappa shape index (κ3) is 6.63. The molecule has 0 spiro atoms. The van der Waals surface area contributed by atoms with Crippen molar-refractivity contribution in [1.82, 2.24) is 15.8 Å². The van der Waals surface area contributed by atoms with Crippen LogP contribution < -0.4 is 16.5 Å². The summed E-state index contributed by atoms with van der Waals surface area (Å²) < 4.78 is 0. The molecule has 9 heteroatoms. The van der Waals surface area contributed by atoms with Gasteiger partial charge < -0.3 is 16.2 Å². The summed E-state index contributed by atoms with van der Waals surface area (Å²) >= 11 is 0. The molecule has 0 saturated carbocycles. The Bertz CT molecular complexity index is 619. The highest BCUT2D eigenvalue weighted by atomic mass is 16.4. The lowest BCUT2D eigenvalue weighted by atomic mass is 10.0. The van der Waals surface area contributed by atoms with E-state index >= 15 is 0 Å². The zero-order valence-corrected chi connectivity index (χ0v) is 17.1. The lowest BCUT2D eigenvalue weighted by molar-refractivity contribution is -0.147. The number of nitrogens with zero attached hydrogens (tertiary/aromatic N) is 2. The zero-order chi connectivity index (χ0) is 21.4. The number of carbonyl (C=O) groups is 3. The van der Waals surface area contributed by atoms with Gasteiger partial charge in [-0.2, -0.15) is 0 Å². The van der Waals surface area contributed by atoms with Crippen molar-refractivity contribution in [2.24, 2.45) is 22.6 Å². The number of hydrogen-bond donors (Lipinski definition) is 4. The molecule has 1 fully saturated rings. The van der Waals surface area contributed by atoms with Crippen LogP contribution >= 0.6 is 0 Å². The van der Waals surface area contributed by atoms with Crippen LogP contribution in [-0.4, -0.2) is 58.4 Å². The second-order valence-electron chi connectivity index (χ2n) is 7.54. The summed E-state index contributed by atoms with van der Waals surface area (Å²) in [5.74, 6) is -1.60. The molecule has 0 aromatic heterocycles. The zero-order valence-electron chi connectivity index (χ0n) is 17.1. The molecule has 2 amide bonds. The minimum Gasteiger partial charge on any atom is -0.480 e. The van der Waals surface area contributed by atoms with Crippen molar-refractivity contribution >= 4 is 23.6 Å². The van der Waals surface area contributed by atoms with E-state index in [2.05, 4.69) is 22.3 Å². The van der Waals surface area contributed by atoms with Crippen LogP contribution in [0.25, 0.3) is 0 Å². The number of rotatable bonds is 9. The number of carboxylic acid groups (broad SMARTS) is 1. The fourth-order valence-electron chi connectivity index (χ4n) is 2.94. The summed E-state index contributed by atoms with van der Waals surface area (Å²) in [6.07, 6.45) is 3.29. The predicted octanol–water partition coefficient (Wildman–Crippen LogP) is 0.665. The molecule has 1 aliphatic heterocycles. The Balaban J connectivity index is 2.83. The van der Waals surface area contributed by atoms with E-state index in [0.29, 0.717) is 25.8 Å². The molecule has 0 aromatic rings. The molecule has 0 bridgehead atoms. The van der Waals surface area contributed by atoms with Gasteiger partial charge in [0.1, 0.15) is 17.9 Å². The molecule has 4 atom stereocenters. The normalized spacial score (nSPS) is 21.0. The molecule has 0 aromatic carbocycles. The quantitative estimate of drug-likeness (QED) is 0.257. The fourth-order valence-corrected chi connectivity index (χ4v) is 2.94. The number of carbonyl (C=O) groups excluding carboxylic acids is 2. The molecule has 9 nitrogen and oxygen atoms in total. The maximum absolute atomic E-state index is 12.6. The summed E-state index contributed by atoms with van der Waals surface area (Å²) in [4.78, 5) is 40.4. The molecule has 28 heavy (non-hydrogen) atoms. The van der Waals surface area contributed by atoms with E-state index < -0.39 is 24.1 Å². The number of carboxylic acids is 1. The van der Waals surface area contributed by atoms with Crippen LogP contribution in [0.4, 0.5) is 0 Å². The van der Waals surface area contributed by atoms with Crippen molar-refractivity contribution in [3.05, 3.63) is 12.7 Å². The number of aliphatic carboxylic acids is 1. The van der Waals surface area contributed by atoms with Gasteiger partial charge in [0, 0.05) is 12.5 Å². The molecular formula is C19H33N5O4. The number of aliphatic imine (C=N–C) groups is 1. The Labute approximate surface area is 166 Å². The van der Waals surface area contributed by atoms with E-state index in [0.717, 1.165) is 0 Å². The van der Waals surface area contributed by atoms with Crippen LogP contribution in [0.1, 0.15) is 47.0 Å². The van der Waals surface area contributed by atoms with Crippen molar-refractivity contribution in [2.45, 2.75) is 65.1 Å². The van der Waals surface area contributed by atoms with Crippen LogP contribution in [0, 0.1) is 11.8 Å². The molecule has 0 radical (unpaired) electrons. The molecule has 1 rings (SSSR count). The molecule has 0 aliphatic carbocycles. The van der Waals surface area contributed by atoms with Crippen LogP contribution in [0.2, 0.25) is 0 Å². The van der Waals surface area contributed by atoms with Crippen LogP contribution in [0.3, 0.4) is 0 Å². The predicted molar refractivity (Wildman–Crippen MR) is 107 cm³/mol. The van der Waals surface area contributed by atoms with E-state index in [-0.39, 0.29) is 29.5 Å². The number of hydrogen-bond acceptors (Lipinski definition) is 5. The van der Waals surface area contributed by atoms with Crippen molar-refractivity contribution < 1.29 is 19.5 Å². The van der Waals surface area contributed by atoms with Crippen molar-refractivity contribution in [3.8, 4) is 0 Å². The first-order chi connectivity index (χ1) is 13.1. The van der Waals surface area contributed by atoms with Gasteiger partial charge in [-0.25, -0.2) is 5.43 Å². The molecule has 1 aliphatic rings. The molecule has 1 saturated heterocycles. The molecule has 1 heterocycles. The third-order valence-corrected chi connectivity index (χ3v) is 4.70. The van der Waals surface area contributed by atoms with Crippen molar-refractivity contribution in [1.29, 1.82) is 0 Å². The SMILES string of the molecule is C=CCC(C)C(=O)NC(C(N)=NC(C)C(=O)N1CCCC(C(=O)O)N1)C(C)C. The fraction of sp³-hybridized carbons (Fsp3) is 0.684. The summed E-state index contributed by atoms with van der Waals surface area (Å²) in [6, 6.07) is -2.10. The van der Waals surface area contributed by atoms with Crippen molar-refractivity contribution in [2.75, 3.05) is 6.54 Å². The van der Waals surface area contributed by atoms with Crippen LogP contribution in [0.15, 0.2) is 17.6 Å². The van der Waals surface area contributed by atoms with E-state index in [9.17, 15) is 14.4 Å². The second-order valence-corrected chi connectivity index (χ2v) is 7.54. The van der Waals surface area contributed by atoms with E-state index in [1.807, 2.05) is 13.8 Å². The van der Waals surface area contributed by atoms with Gasteiger partial charge in [0.05, 0.1) is 6.04 Å². The number of hydrazine groups is 1. The Kier molecular flexibility index (Phi) is 9.11. The summed E-state index contributed by atoms with van der Waals surface area (Å²) in [5.41, 5.74) is 8.83. The molecule has 4 unspecified atom stereocenters. The summed E-state index contributed by atoms with van der Waals surface area (Å²) in [6.45, 7) is 11.3. The Morgan fingerprint density at radius 1 is 1.36 bits per heavy atom. The Morgan fingerprint density at radius 3 is 2.54 bits per heavy atom. The van der Waals surface area contributed by atoms with Crippen LogP contribution in [-0.2, 0) is 14.4 Å². The van der Waals surface area contributed by atoms with Gasteiger partial charge in [0.2, 0.25) is 5.91 Å².